The van der Waals surface area contributed by atoms with E-state index in [9.17, 15) is 5.11 Å². The third kappa shape index (κ3) is 1.96. The van der Waals surface area contributed by atoms with E-state index in [1.807, 2.05) is 0 Å². The van der Waals surface area contributed by atoms with Crippen LogP contribution in [0.2, 0.25) is 10.0 Å². The van der Waals surface area contributed by atoms with Gasteiger partial charge in [-0.05, 0) is 0 Å². The third-order valence-corrected chi connectivity index (χ3v) is 2.59. The first-order valence-electron chi connectivity index (χ1n) is 4.07. The molecule has 0 heterocycles. The molecule has 0 aliphatic heterocycles. The van der Waals surface area contributed by atoms with Gasteiger partial charge in [-0.15, -0.1) is 0 Å². The van der Waals surface area contributed by atoms with Gasteiger partial charge in [-0.1, -0.05) is 28.4 Å². The van der Waals surface area contributed by atoms with Crippen LogP contribution in [-0.2, 0) is 0 Å². The Bertz CT molecular complexity index is 434. The summed E-state index contributed by atoms with van der Waals surface area (Å²) in [5, 5.41) is 21.0. The highest BCUT2D eigenvalue weighted by atomic mass is 35.5. The van der Waals surface area contributed by atoms with Crippen LogP contribution < -0.4 is 9.47 Å². The SMILES string of the molecule is COc1c(Cl)c(O)c(/C=N/O)c(OC)c1Cl. The molecule has 0 bridgehead atoms. The number of ether oxygens (including phenoxy) is 2. The first-order chi connectivity index (χ1) is 7.58. The van der Waals surface area contributed by atoms with Crippen LogP contribution in [0.3, 0.4) is 0 Å². The largest absolute Gasteiger partial charge is 0.505 e. The van der Waals surface area contributed by atoms with Crippen LogP contribution in [0, 0.1) is 0 Å². The molecule has 0 saturated carbocycles. The molecule has 0 saturated heterocycles. The van der Waals surface area contributed by atoms with Gasteiger partial charge in [0.25, 0.3) is 0 Å². The fourth-order valence-electron chi connectivity index (χ4n) is 1.21. The Hall–Kier alpha value is -1.33. The van der Waals surface area contributed by atoms with Crippen LogP contribution in [-0.4, -0.2) is 30.7 Å². The molecule has 7 heteroatoms. The van der Waals surface area contributed by atoms with Crippen molar-refractivity contribution in [3.63, 3.8) is 0 Å². The van der Waals surface area contributed by atoms with E-state index < -0.39 is 0 Å². The highest BCUT2D eigenvalue weighted by Crippen LogP contribution is 2.47. The number of halogens is 2. The summed E-state index contributed by atoms with van der Waals surface area (Å²) in [6.45, 7) is 0. The molecule has 2 N–H and O–H groups in total. The van der Waals surface area contributed by atoms with Gasteiger partial charge in [0.05, 0.1) is 26.0 Å². The number of aromatic hydroxyl groups is 1. The minimum absolute atomic E-state index is 0.0702. The van der Waals surface area contributed by atoms with Gasteiger partial charge < -0.3 is 19.8 Å². The fourth-order valence-corrected chi connectivity index (χ4v) is 1.88. The Morgan fingerprint density at radius 1 is 1.12 bits per heavy atom. The average Bonchev–Trinajstić information content (AvgIpc) is 2.27. The standard InChI is InChI=1S/C9H9Cl2NO4/c1-15-8-4(3-12-14)7(13)5(10)9(16-2)6(8)11/h3,13-14H,1-2H3/b12-3+. The van der Waals surface area contributed by atoms with E-state index in [2.05, 4.69) is 5.16 Å². The van der Waals surface area contributed by atoms with E-state index in [0.717, 1.165) is 6.21 Å². The molecule has 0 aliphatic rings. The molecule has 0 spiro atoms. The number of hydrogen-bond acceptors (Lipinski definition) is 5. The summed E-state index contributed by atoms with van der Waals surface area (Å²) in [6, 6.07) is 0. The maximum Gasteiger partial charge on any atom is 0.163 e. The van der Waals surface area contributed by atoms with E-state index in [0.29, 0.717) is 0 Å². The van der Waals surface area contributed by atoms with Crippen molar-refractivity contribution in [1.29, 1.82) is 0 Å². The van der Waals surface area contributed by atoms with Crippen LogP contribution in [0.25, 0.3) is 0 Å². The van der Waals surface area contributed by atoms with Crippen LogP contribution in [0.1, 0.15) is 5.56 Å². The second-order valence-electron chi connectivity index (χ2n) is 2.70. The van der Waals surface area contributed by atoms with Gasteiger partial charge in [0.15, 0.2) is 17.2 Å². The lowest BCUT2D eigenvalue weighted by Gasteiger charge is -2.14. The molecule has 0 aliphatic carbocycles. The number of benzene rings is 1. The molecule has 5 nitrogen and oxygen atoms in total. The molecule has 1 rings (SSSR count). The first kappa shape index (κ1) is 12.7. The van der Waals surface area contributed by atoms with Gasteiger partial charge in [-0.2, -0.15) is 0 Å². The lowest BCUT2D eigenvalue weighted by atomic mass is 10.1. The van der Waals surface area contributed by atoms with Crippen LogP contribution in [0.15, 0.2) is 5.16 Å². The highest BCUT2D eigenvalue weighted by Gasteiger charge is 2.22. The molecule has 0 aromatic heterocycles. The molecule has 0 atom stereocenters. The van der Waals surface area contributed by atoms with E-state index in [1.165, 1.54) is 14.2 Å². The zero-order valence-corrected chi connectivity index (χ0v) is 10.0. The topological polar surface area (TPSA) is 71.3 Å². The highest BCUT2D eigenvalue weighted by molar-refractivity contribution is 6.39. The third-order valence-electron chi connectivity index (χ3n) is 1.90. The summed E-state index contributed by atoms with van der Waals surface area (Å²) < 4.78 is 9.90. The number of methoxy groups -OCH3 is 2. The van der Waals surface area contributed by atoms with Crippen molar-refractivity contribution in [2.45, 2.75) is 0 Å². The number of phenolic OH excluding ortho intramolecular Hbond substituents is 1. The number of rotatable bonds is 3. The Labute approximate surface area is 102 Å². The Morgan fingerprint density at radius 3 is 2.12 bits per heavy atom. The van der Waals surface area contributed by atoms with Crippen LogP contribution in [0.5, 0.6) is 17.2 Å². The maximum absolute atomic E-state index is 9.72. The van der Waals surface area contributed by atoms with Crippen molar-refractivity contribution in [2.75, 3.05) is 14.2 Å². The summed E-state index contributed by atoms with van der Waals surface area (Å²) in [5.74, 6) is -0.136. The summed E-state index contributed by atoms with van der Waals surface area (Å²) in [4.78, 5) is 0. The Morgan fingerprint density at radius 2 is 1.69 bits per heavy atom. The molecule has 16 heavy (non-hydrogen) atoms. The Balaban J connectivity index is 3.63. The van der Waals surface area contributed by atoms with Gasteiger partial charge in [-0.25, -0.2) is 0 Å². The quantitative estimate of drug-likeness (QED) is 0.501. The number of oxime groups is 1. The smallest absolute Gasteiger partial charge is 0.163 e. The zero-order chi connectivity index (χ0) is 12.3. The molecule has 0 unspecified atom stereocenters. The van der Waals surface area contributed by atoms with Crippen molar-refractivity contribution in [3.8, 4) is 17.2 Å². The van der Waals surface area contributed by atoms with Gasteiger partial charge in [0.2, 0.25) is 0 Å². The lowest BCUT2D eigenvalue weighted by Crippen LogP contribution is -1.97. The van der Waals surface area contributed by atoms with Gasteiger partial charge in [-0.3, -0.25) is 0 Å². The summed E-state index contributed by atoms with van der Waals surface area (Å²) >= 11 is 11.7. The first-order valence-corrected chi connectivity index (χ1v) is 4.83. The van der Waals surface area contributed by atoms with Gasteiger partial charge >= 0.3 is 0 Å². The van der Waals surface area contributed by atoms with Crippen molar-refractivity contribution in [2.24, 2.45) is 5.16 Å². The fraction of sp³-hybridized carbons (Fsp3) is 0.222. The lowest BCUT2D eigenvalue weighted by molar-refractivity contribution is 0.321. The van der Waals surface area contributed by atoms with Crippen molar-refractivity contribution in [3.05, 3.63) is 15.6 Å². The molecule has 0 radical (unpaired) electrons. The monoisotopic (exact) mass is 265 g/mol. The Kier molecular flexibility index (Phi) is 4.09. The molecule has 88 valence electrons. The van der Waals surface area contributed by atoms with E-state index in [4.69, 9.17) is 37.9 Å². The predicted octanol–water partition coefficient (Wildman–Crippen LogP) is 2.52. The van der Waals surface area contributed by atoms with Crippen molar-refractivity contribution < 1.29 is 19.8 Å². The predicted molar refractivity (Wildman–Crippen MR) is 60.6 cm³/mol. The van der Waals surface area contributed by atoms with E-state index >= 15 is 0 Å². The minimum Gasteiger partial charge on any atom is -0.505 e. The second kappa shape index (κ2) is 5.14. The van der Waals surface area contributed by atoms with E-state index in [1.54, 1.807) is 0 Å². The normalized spacial score (nSPS) is 10.8. The molecular formula is C9H9Cl2NO4. The van der Waals surface area contributed by atoms with Gasteiger partial charge in [0, 0.05) is 0 Å². The zero-order valence-electron chi connectivity index (χ0n) is 8.49. The summed E-state index contributed by atoms with van der Waals surface area (Å²) in [7, 11) is 2.70. The number of phenols is 1. The minimum atomic E-state index is -0.336. The summed E-state index contributed by atoms with van der Waals surface area (Å²) in [5.41, 5.74) is 0.0702. The molecule has 0 amide bonds. The van der Waals surface area contributed by atoms with Crippen LogP contribution >= 0.6 is 23.2 Å². The molecular weight excluding hydrogens is 257 g/mol. The van der Waals surface area contributed by atoms with Crippen LogP contribution in [0.4, 0.5) is 0 Å². The average molecular weight is 266 g/mol. The van der Waals surface area contributed by atoms with Gasteiger partial charge in [0.1, 0.15) is 10.0 Å². The second-order valence-corrected chi connectivity index (χ2v) is 3.46. The van der Waals surface area contributed by atoms with Crippen molar-refractivity contribution >= 4 is 29.4 Å². The van der Waals surface area contributed by atoms with E-state index in [-0.39, 0.29) is 32.9 Å². The maximum atomic E-state index is 9.72. The van der Waals surface area contributed by atoms with Crippen molar-refractivity contribution in [1.82, 2.24) is 0 Å². The molecule has 1 aromatic carbocycles. The number of hydrogen-bond donors (Lipinski definition) is 2. The number of nitrogens with zero attached hydrogens (tertiary/aromatic N) is 1. The molecule has 0 fully saturated rings. The molecule has 1 aromatic rings. The summed E-state index contributed by atoms with van der Waals surface area (Å²) in [6.07, 6.45) is 0.964.